The monoisotopic (exact) mass is 415 g/mol. The Morgan fingerprint density at radius 1 is 0.900 bits per heavy atom. The van der Waals surface area contributed by atoms with E-state index in [2.05, 4.69) is 39.8 Å². The summed E-state index contributed by atoms with van der Waals surface area (Å²) in [6.07, 6.45) is 0.325. The SMILES string of the molecule is COc1ccc(-c2nnc(NC(=O)CC(c3ccccc3)c3ccccc3)s2)cc1. The standard InChI is InChI=1S/C24H21N3O2S/c1-29-20-14-12-19(13-15-20)23-26-27-24(30-23)25-22(28)16-21(17-8-4-2-5-9-17)18-10-6-3-7-11-18/h2-15,21H,16H2,1H3,(H,25,27,28). The van der Waals surface area contributed by atoms with Gasteiger partial charge in [-0.15, -0.1) is 10.2 Å². The molecule has 5 nitrogen and oxygen atoms in total. The van der Waals surface area contributed by atoms with Crippen molar-refractivity contribution in [3.05, 3.63) is 96.1 Å². The van der Waals surface area contributed by atoms with Gasteiger partial charge in [0.25, 0.3) is 0 Å². The van der Waals surface area contributed by atoms with Crippen molar-refractivity contribution in [3.8, 4) is 16.3 Å². The Morgan fingerprint density at radius 3 is 2.07 bits per heavy atom. The third-order valence-electron chi connectivity index (χ3n) is 4.80. The lowest BCUT2D eigenvalue weighted by atomic mass is 9.88. The van der Waals surface area contributed by atoms with Crippen LogP contribution < -0.4 is 10.1 Å². The van der Waals surface area contributed by atoms with E-state index in [4.69, 9.17) is 4.74 Å². The van der Waals surface area contributed by atoms with Gasteiger partial charge in [-0.1, -0.05) is 72.0 Å². The van der Waals surface area contributed by atoms with Gasteiger partial charge >= 0.3 is 0 Å². The molecule has 0 unspecified atom stereocenters. The topological polar surface area (TPSA) is 64.1 Å². The molecule has 30 heavy (non-hydrogen) atoms. The fourth-order valence-corrected chi connectivity index (χ4v) is 4.04. The summed E-state index contributed by atoms with van der Waals surface area (Å²) in [5.74, 6) is 0.663. The number of ether oxygens (including phenoxy) is 1. The van der Waals surface area contributed by atoms with Crippen LogP contribution in [-0.2, 0) is 4.79 Å². The number of carbonyl (C=O) groups is 1. The van der Waals surface area contributed by atoms with Crippen LogP contribution in [0.5, 0.6) is 5.75 Å². The summed E-state index contributed by atoms with van der Waals surface area (Å²) < 4.78 is 5.18. The molecule has 0 saturated heterocycles. The van der Waals surface area contributed by atoms with E-state index in [1.54, 1.807) is 7.11 Å². The summed E-state index contributed by atoms with van der Waals surface area (Å²) in [5, 5.41) is 12.5. The average molecular weight is 416 g/mol. The number of anilines is 1. The number of methoxy groups -OCH3 is 1. The minimum atomic E-state index is -0.0925. The fraction of sp³-hybridized carbons (Fsp3) is 0.125. The van der Waals surface area contributed by atoms with Crippen molar-refractivity contribution in [2.45, 2.75) is 12.3 Å². The molecule has 3 aromatic carbocycles. The number of aromatic nitrogens is 2. The van der Waals surface area contributed by atoms with Gasteiger partial charge < -0.3 is 10.1 Å². The van der Waals surface area contributed by atoms with Crippen LogP contribution in [0.3, 0.4) is 0 Å². The number of nitrogens with one attached hydrogen (secondary N) is 1. The maximum Gasteiger partial charge on any atom is 0.227 e. The summed E-state index contributed by atoms with van der Waals surface area (Å²) in [7, 11) is 1.63. The third-order valence-corrected chi connectivity index (χ3v) is 5.69. The van der Waals surface area contributed by atoms with E-state index in [-0.39, 0.29) is 11.8 Å². The minimum absolute atomic E-state index is 0.0265. The van der Waals surface area contributed by atoms with Crippen LogP contribution in [0.25, 0.3) is 10.6 Å². The molecule has 1 amide bonds. The van der Waals surface area contributed by atoms with Crippen molar-refractivity contribution < 1.29 is 9.53 Å². The molecule has 6 heteroatoms. The van der Waals surface area contributed by atoms with Crippen molar-refractivity contribution >= 4 is 22.4 Å². The summed E-state index contributed by atoms with van der Waals surface area (Å²) in [6, 6.07) is 27.7. The molecule has 4 rings (SSSR count). The van der Waals surface area contributed by atoms with Gasteiger partial charge in [0.1, 0.15) is 10.8 Å². The van der Waals surface area contributed by atoms with E-state index >= 15 is 0 Å². The molecule has 1 heterocycles. The van der Waals surface area contributed by atoms with Crippen molar-refractivity contribution in [3.63, 3.8) is 0 Å². The van der Waals surface area contributed by atoms with Crippen molar-refractivity contribution in [1.29, 1.82) is 0 Å². The zero-order chi connectivity index (χ0) is 20.8. The largest absolute Gasteiger partial charge is 0.497 e. The molecule has 0 saturated carbocycles. The number of hydrogen-bond acceptors (Lipinski definition) is 5. The number of rotatable bonds is 7. The van der Waals surface area contributed by atoms with Crippen LogP contribution in [0.1, 0.15) is 23.5 Å². The molecule has 0 aliphatic rings. The molecule has 0 aliphatic carbocycles. The zero-order valence-corrected chi connectivity index (χ0v) is 17.3. The van der Waals surface area contributed by atoms with Crippen LogP contribution in [0.2, 0.25) is 0 Å². The van der Waals surface area contributed by atoms with E-state index in [9.17, 15) is 4.79 Å². The van der Waals surface area contributed by atoms with Gasteiger partial charge in [-0.2, -0.15) is 0 Å². The van der Waals surface area contributed by atoms with Crippen LogP contribution in [0.4, 0.5) is 5.13 Å². The first-order chi connectivity index (χ1) is 14.7. The van der Waals surface area contributed by atoms with Crippen molar-refractivity contribution in [2.24, 2.45) is 0 Å². The molecule has 4 aromatic rings. The van der Waals surface area contributed by atoms with Gasteiger partial charge in [0.05, 0.1) is 7.11 Å². The van der Waals surface area contributed by atoms with Crippen molar-refractivity contribution in [1.82, 2.24) is 10.2 Å². The normalized spacial score (nSPS) is 10.7. The molecule has 0 fully saturated rings. The van der Waals surface area contributed by atoms with Gasteiger partial charge in [-0.05, 0) is 35.4 Å². The van der Waals surface area contributed by atoms with Crippen LogP contribution >= 0.6 is 11.3 Å². The van der Waals surface area contributed by atoms with Gasteiger partial charge in [0.2, 0.25) is 11.0 Å². The summed E-state index contributed by atoms with van der Waals surface area (Å²) in [6.45, 7) is 0. The number of nitrogens with zero attached hydrogens (tertiary/aromatic N) is 2. The molecule has 1 aromatic heterocycles. The predicted molar refractivity (Wildman–Crippen MR) is 120 cm³/mol. The van der Waals surface area contributed by atoms with Crippen LogP contribution in [-0.4, -0.2) is 23.2 Å². The second-order valence-corrected chi connectivity index (χ2v) is 7.74. The molecule has 0 aliphatic heterocycles. The Hall–Kier alpha value is -3.51. The smallest absolute Gasteiger partial charge is 0.227 e. The highest BCUT2D eigenvalue weighted by Gasteiger charge is 2.19. The van der Waals surface area contributed by atoms with Gasteiger partial charge in [-0.3, -0.25) is 4.79 Å². The number of benzene rings is 3. The van der Waals surface area contributed by atoms with E-state index in [0.717, 1.165) is 27.4 Å². The average Bonchev–Trinajstić information content (AvgIpc) is 3.27. The van der Waals surface area contributed by atoms with Crippen molar-refractivity contribution in [2.75, 3.05) is 12.4 Å². The summed E-state index contributed by atoms with van der Waals surface area (Å²) in [5.41, 5.74) is 3.14. The fourth-order valence-electron chi connectivity index (χ4n) is 3.28. The molecular formula is C24H21N3O2S. The second kappa shape index (κ2) is 9.33. The Morgan fingerprint density at radius 2 is 1.50 bits per heavy atom. The quantitative estimate of drug-likeness (QED) is 0.440. The lowest BCUT2D eigenvalue weighted by Gasteiger charge is -2.17. The van der Waals surface area contributed by atoms with E-state index < -0.39 is 0 Å². The first kappa shape index (κ1) is 19.8. The predicted octanol–water partition coefficient (Wildman–Crippen LogP) is 5.37. The Bertz CT molecular complexity index is 1060. The highest BCUT2D eigenvalue weighted by Crippen LogP contribution is 2.30. The highest BCUT2D eigenvalue weighted by atomic mass is 32.1. The second-order valence-electron chi connectivity index (χ2n) is 6.77. The van der Waals surface area contributed by atoms with Crippen LogP contribution in [0.15, 0.2) is 84.9 Å². The van der Waals surface area contributed by atoms with E-state index in [1.807, 2.05) is 60.7 Å². The Kier molecular flexibility index (Phi) is 6.15. The number of carbonyl (C=O) groups excluding carboxylic acids is 1. The zero-order valence-electron chi connectivity index (χ0n) is 16.5. The molecule has 1 N–H and O–H groups in total. The molecule has 0 radical (unpaired) electrons. The Balaban J connectivity index is 1.48. The first-order valence-electron chi connectivity index (χ1n) is 9.60. The minimum Gasteiger partial charge on any atom is -0.497 e. The lowest BCUT2D eigenvalue weighted by Crippen LogP contribution is -2.16. The third kappa shape index (κ3) is 4.72. The van der Waals surface area contributed by atoms with Gasteiger partial charge in [0, 0.05) is 17.9 Å². The van der Waals surface area contributed by atoms with E-state index in [0.29, 0.717) is 11.6 Å². The number of amides is 1. The molecule has 0 spiro atoms. The molecule has 0 atom stereocenters. The van der Waals surface area contributed by atoms with Gasteiger partial charge in [0.15, 0.2) is 0 Å². The Labute approximate surface area is 179 Å². The molecule has 150 valence electrons. The van der Waals surface area contributed by atoms with E-state index in [1.165, 1.54) is 11.3 Å². The maximum atomic E-state index is 12.8. The summed E-state index contributed by atoms with van der Waals surface area (Å²) in [4.78, 5) is 12.8. The highest BCUT2D eigenvalue weighted by molar-refractivity contribution is 7.18. The maximum absolute atomic E-state index is 12.8. The number of hydrogen-bond donors (Lipinski definition) is 1. The lowest BCUT2D eigenvalue weighted by molar-refractivity contribution is -0.116. The van der Waals surface area contributed by atoms with Gasteiger partial charge in [-0.25, -0.2) is 0 Å². The molecule has 0 bridgehead atoms. The first-order valence-corrected chi connectivity index (χ1v) is 10.4. The molecular weight excluding hydrogens is 394 g/mol. The summed E-state index contributed by atoms with van der Waals surface area (Å²) >= 11 is 1.35. The van der Waals surface area contributed by atoms with Crippen LogP contribution in [0, 0.1) is 0 Å².